The van der Waals surface area contributed by atoms with Gasteiger partial charge in [-0.05, 0) is 29.5 Å². The Morgan fingerprint density at radius 3 is 1.89 bits per heavy atom. The number of carbonyl (C=O) groups is 1. The molecule has 1 aromatic rings. The Balaban J connectivity index is 2.84. The van der Waals surface area contributed by atoms with Crippen molar-refractivity contribution >= 4 is 5.91 Å². The van der Waals surface area contributed by atoms with Crippen molar-refractivity contribution in [2.24, 2.45) is 17.6 Å². The maximum absolute atomic E-state index is 12.5. The van der Waals surface area contributed by atoms with Gasteiger partial charge in [0.1, 0.15) is 0 Å². The Morgan fingerprint density at radius 1 is 1.05 bits per heavy atom. The number of hydrogen-bond donors (Lipinski definition) is 1. The minimum absolute atomic E-state index is 0.117. The van der Waals surface area contributed by atoms with Gasteiger partial charge in [0.05, 0.1) is 0 Å². The Morgan fingerprint density at radius 2 is 1.53 bits per heavy atom. The lowest BCUT2D eigenvalue weighted by molar-refractivity contribution is 0.0715. The van der Waals surface area contributed by atoms with Gasteiger partial charge >= 0.3 is 0 Å². The number of benzene rings is 1. The Kier molecular flexibility index (Phi) is 6.03. The van der Waals surface area contributed by atoms with E-state index in [0.717, 1.165) is 24.2 Å². The van der Waals surface area contributed by atoms with Crippen LogP contribution in [0.5, 0.6) is 0 Å². The van der Waals surface area contributed by atoms with Crippen molar-refractivity contribution in [2.45, 2.75) is 34.2 Å². The van der Waals surface area contributed by atoms with Crippen LogP contribution in [-0.4, -0.2) is 23.9 Å². The lowest BCUT2D eigenvalue weighted by Crippen LogP contribution is -2.37. The van der Waals surface area contributed by atoms with Gasteiger partial charge in [0.15, 0.2) is 0 Å². The van der Waals surface area contributed by atoms with Crippen molar-refractivity contribution in [2.75, 3.05) is 13.1 Å². The molecule has 1 rings (SSSR count). The average molecular weight is 262 g/mol. The molecule has 0 heterocycles. The number of amides is 1. The monoisotopic (exact) mass is 262 g/mol. The summed E-state index contributed by atoms with van der Waals surface area (Å²) in [6.45, 7) is 10.7. The largest absolute Gasteiger partial charge is 0.338 e. The molecule has 2 N–H and O–H groups in total. The van der Waals surface area contributed by atoms with E-state index in [-0.39, 0.29) is 5.91 Å². The molecule has 0 saturated heterocycles. The first-order chi connectivity index (χ1) is 8.93. The second-order valence-corrected chi connectivity index (χ2v) is 5.90. The van der Waals surface area contributed by atoms with Gasteiger partial charge < -0.3 is 10.6 Å². The van der Waals surface area contributed by atoms with Crippen LogP contribution >= 0.6 is 0 Å². The summed E-state index contributed by atoms with van der Waals surface area (Å²) in [6, 6.07) is 7.60. The number of nitrogens with zero attached hydrogens (tertiary/aromatic N) is 1. The number of rotatable bonds is 6. The molecule has 0 aliphatic carbocycles. The minimum atomic E-state index is 0.117. The third kappa shape index (κ3) is 5.03. The molecule has 3 heteroatoms. The molecule has 19 heavy (non-hydrogen) atoms. The SMILES string of the molecule is CC(C)CN(CC(C)C)C(=O)c1ccc(CN)cc1. The maximum atomic E-state index is 12.5. The van der Waals surface area contributed by atoms with E-state index in [1.165, 1.54) is 0 Å². The highest BCUT2D eigenvalue weighted by atomic mass is 16.2. The topological polar surface area (TPSA) is 46.3 Å². The van der Waals surface area contributed by atoms with Crippen molar-refractivity contribution in [3.8, 4) is 0 Å². The molecule has 1 aromatic carbocycles. The zero-order chi connectivity index (χ0) is 14.4. The summed E-state index contributed by atoms with van der Waals surface area (Å²) in [6.07, 6.45) is 0. The Bertz CT molecular complexity index is 386. The van der Waals surface area contributed by atoms with Crippen LogP contribution in [-0.2, 0) is 6.54 Å². The molecule has 0 fully saturated rings. The highest BCUT2D eigenvalue weighted by molar-refractivity contribution is 5.94. The van der Waals surface area contributed by atoms with Crippen LogP contribution in [0.15, 0.2) is 24.3 Å². The summed E-state index contributed by atoms with van der Waals surface area (Å²) >= 11 is 0. The quantitative estimate of drug-likeness (QED) is 0.857. The fourth-order valence-corrected chi connectivity index (χ4v) is 2.09. The fourth-order valence-electron chi connectivity index (χ4n) is 2.09. The van der Waals surface area contributed by atoms with E-state index in [1.54, 1.807) is 0 Å². The third-order valence-corrected chi connectivity index (χ3v) is 2.89. The molecule has 0 atom stereocenters. The molecule has 0 radical (unpaired) electrons. The summed E-state index contributed by atoms with van der Waals surface area (Å²) < 4.78 is 0. The molecule has 0 unspecified atom stereocenters. The van der Waals surface area contributed by atoms with Crippen LogP contribution < -0.4 is 5.73 Å². The third-order valence-electron chi connectivity index (χ3n) is 2.89. The van der Waals surface area contributed by atoms with Gasteiger partial charge in [-0.3, -0.25) is 4.79 Å². The average Bonchev–Trinajstić information content (AvgIpc) is 2.36. The zero-order valence-electron chi connectivity index (χ0n) is 12.5. The molecule has 0 saturated carbocycles. The van der Waals surface area contributed by atoms with Gasteiger partial charge in [-0.25, -0.2) is 0 Å². The molecule has 0 aliphatic heterocycles. The molecule has 0 bridgehead atoms. The summed E-state index contributed by atoms with van der Waals surface area (Å²) in [5.41, 5.74) is 7.37. The second kappa shape index (κ2) is 7.29. The first-order valence-electron chi connectivity index (χ1n) is 7.02. The highest BCUT2D eigenvalue weighted by Gasteiger charge is 2.17. The number of nitrogens with two attached hydrogens (primary N) is 1. The molecular weight excluding hydrogens is 236 g/mol. The van der Waals surface area contributed by atoms with Crippen LogP contribution in [0.1, 0.15) is 43.6 Å². The Labute approximate surface area is 116 Å². The van der Waals surface area contributed by atoms with Crippen LogP contribution in [0.25, 0.3) is 0 Å². The first-order valence-corrected chi connectivity index (χ1v) is 7.02. The number of carbonyl (C=O) groups excluding carboxylic acids is 1. The summed E-state index contributed by atoms with van der Waals surface area (Å²) in [4.78, 5) is 14.5. The van der Waals surface area contributed by atoms with Crippen molar-refractivity contribution in [3.05, 3.63) is 35.4 Å². The molecule has 0 spiro atoms. The lowest BCUT2D eigenvalue weighted by Gasteiger charge is -2.26. The van der Waals surface area contributed by atoms with Gasteiger partial charge in [-0.2, -0.15) is 0 Å². The van der Waals surface area contributed by atoms with Crippen molar-refractivity contribution in [1.82, 2.24) is 4.90 Å². The molecular formula is C16H26N2O. The van der Waals surface area contributed by atoms with Crippen LogP contribution in [0.3, 0.4) is 0 Å². The normalized spacial score (nSPS) is 11.1. The van der Waals surface area contributed by atoms with Gasteiger partial charge in [0.25, 0.3) is 5.91 Å². The molecule has 106 valence electrons. The zero-order valence-corrected chi connectivity index (χ0v) is 12.5. The predicted octanol–water partition coefficient (Wildman–Crippen LogP) is 2.90. The summed E-state index contributed by atoms with van der Waals surface area (Å²) in [5, 5.41) is 0. The number of hydrogen-bond acceptors (Lipinski definition) is 2. The molecule has 0 aromatic heterocycles. The van der Waals surface area contributed by atoms with Crippen LogP contribution in [0.4, 0.5) is 0 Å². The molecule has 0 aliphatic rings. The Hall–Kier alpha value is -1.35. The van der Waals surface area contributed by atoms with Crippen LogP contribution in [0, 0.1) is 11.8 Å². The smallest absolute Gasteiger partial charge is 0.253 e. The van der Waals surface area contributed by atoms with Crippen molar-refractivity contribution in [1.29, 1.82) is 0 Å². The fraction of sp³-hybridized carbons (Fsp3) is 0.562. The van der Waals surface area contributed by atoms with Crippen molar-refractivity contribution < 1.29 is 4.79 Å². The van der Waals surface area contributed by atoms with E-state index < -0.39 is 0 Å². The van der Waals surface area contributed by atoms with Gasteiger partial charge in [0, 0.05) is 25.2 Å². The van der Waals surface area contributed by atoms with E-state index in [4.69, 9.17) is 5.73 Å². The van der Waals surface area contributed by atoms with Gasteiger partial charge in [-0.15, -0.1) is 0 Å². The van der Waals surface area contributed by atoms with E-state index in [9.17, 15) is 4.79 Å². The first kappa shape index (κ1) is 15.7. The van der Waals surface area contributed by atoms with E-state index in [2.05, 4.69) is 27.7 Å². The van der Waals surface area contributed by atoms with E-state index in [1.807, 2.05) is 29.2 Å². The van der Waals surface area contributed by atoms with Gasteiger partial charge in [-0.1, -0.05) is 39.8 Å². The minimum Gasteiger partial charge on any atom is -0.338 e. The summed E-state index contributed by atoms with van der Waals surface area (Å²) in [5.74, 6) is 1.07. The molecule has 1 amide bonds. The summed E-state index contributed by atoms with van der Waals surface area (Å²) in [7, 11) is 0. The van der Waals surface area contributed by atoms with E-state index >= 15 is 0 Å². The van der Waals surface area contributed by atoms with Crippen molar-refractivity contribution in [3.63, 3.8) is 0 Å². The lowest BCUT2D eigenvalue weighted by atomic mass is 10.1. The molecule has 3 nitrogen and oxygen atoms in total. The predicted molar refractivity (Wildman–Crippen MR) is 79.9 cm³/mol. The van der Waals surface area contributed by atoms with Gasteiger partial charge in [0.2, 0.25) is 0 Å². The second-order valence-electron chi connectivity index (χ2n) is 5.90. The van der Waals surface area contributed by atoms with E-state index in [0.29, 0.717) is 18.4 Å². The standard InChI is InChI=1S/C16H26N2O/c1-12(2)10-18(11-13(3)4)16(19)15-7-5-14(9-17)6-8-15/h5-8,12-13H,9-11,17H2,1-4H3. The highest BCUT2D eigenvalue weighted by Crippen LogP contribution is 2.11. The van der Waals surface area contributed by atoms with Crippen LogP contribution in [0.2, 0.25) is 0 Å². The maximum Gasteiger partial charge on any atom is 0.253 e.